The number of hydrogen-bond donors (Lipinski definition) is 2. The first kappa shape index (κ1) is 19.2. The summed E-state index contributed by atoms with van der Waals surface area (Å²) < 4.78 is 5.55. The molecule has 1 unspecified atom stereocenters. The van der Waals surface area contributed by atoms with Gasteiger partial charge in [-0.1, -0.05) is 54.6 Å². The summed E-state index contributed by atoms with van der Waals surface area (Å²) >= 11 is 0. The molecule has 5 nitrogen and oxygen atoms in total. The maximum Gasteiger partial charge on any atom is 0.253 e. The number of benzene rings is 3. The smallest absolute Gasteiger partial charge is 0.253 e. The van der Waals surface area contributed by atoms with Crippen LogP contribution in [-0.2, 0) is 16.0 Å². The Kier molecular flexibility index (Phi) is 5.86. The molecular formula is C24H24N2O3. The number of nitrogens with one attached hydrogen (secondary N) is 2. The van der Waals surface area contributed by atoms with E-state index in [-0.39, 0.29) is 24.3 Å². The Bertz CT molecular complexity index is 1020. The van der Waals surface area contributed by atoms with Gasteiger partial charge in [0.1, 0.15) is 0 Å². The molecule has 29 heavy (non-hydrogen) atoms. The predicted molar refractivity (Wildman–Crippen MR) is 114 cm³/mol. The Labute approximate surface area is 170 Å². The van der Waals surface area contributed by atoms with Crippen LogP contribution in [0, 0.1) is 0 Å². The molecule has 0 spiro atoms. The van der Waals surface area contributed by atoms with Crippen molar-refractivity contribution in [2.45, 2.75) is 25.4 Å². The second-order valence-corrected chi connectivity index (χ2v) is 7.25. The molecule has 0 aliphatic carbocycles. The summed E-state index contributed by atoms with van der Waals surface area (Å²) in [5.41, 5.74) is 1.93. The number of carbonyl (C=O) groups is 2. The fourth-order valence-electron chi connectivity index (χ4n) is 3.71. The minimum absolute atomic E-state index is 0.0760. The standard InChI is InChI=1S/C24H24N2O3/c27-23(15-18-9-5-8-17-7-1-2-11-20(17)18)26-22-13-4-3-12-21(22)24(28)25-16-19-10-6-14-29-19/h1-5,7-9,11-13,19H,6,10,14-16H2,(H,25,28)(H,26,27). The Balaban J connectivity index is 1.45. The molecule has 5 heteroatoms. The Hall–Kier alpha value is -3.18. The number of carbonyl (C=O) groups excluding carboxylic acids is 2. The van der Waals surface area contributed by atoms with Gasteiger partial charge in [-0.15, -0.1) is 0 Å². The van der Waals surface area contributed by atoms with Gasteiger partial charge in [0.25, 0.3) is 5.91 Å². The molecule has 4 rings (SSSR count). The lowest BCUT2D eigenvalue weighted by atomic mass is 10.0. The van der Waals surface area contributed by atoms with Crippen LogP contribution in [0.3, 0.4) is 0 Å². The van der Waals surface area contributed by atoms with Crippen LogP contribution in [0.15, 0.2) is 66.7 Å². The number of rotatable bonds is 6. The highest BCUT2D eigenvalue weighted by Crippen LogP contribution is 2.20. The van der Waals surface area contributed by atoms with Gasteiger partial charge in [-0.2, -0.15) is 0 Å². The number of anilines is 1. The van der Waals surface area contributed by atoms with E-state index in [0.717, 1.165) is 35.8 Å². The van der Waals surface area contributed by atoms with Crippen LogP contribution in [0.2, 0.25) is 0 Å². The van der Waals surface area contributed by atoms with Crippen LogP contribution in [-0.4, -0.2) is 31.1 Å². The molecule has 1 aliphatic rings. The largest absolute Gasteiger partial charge is 0.376 e. The van der Waals surface area contributed by atoms with Gasteiger partial charge >= 0.3 is 0 Å². The van der Waals surface area contributed by atoms with Crippen LogP contribution in [0.4, 0.5) is 5.69 Å². The molecule has 3 aromatic rings. The number of fused-ring (bicyclic) bond motifs is 1. The van der Waals surface area contributed by atoms with Gasteiger partial charge in [0.2, 0.25) is 5.91 Å². The lowest BCUT2D eigenvalue weighted by Crippen LogP contribution is -2.32. The fraction of sp³-hybridized carbons (Fsp3) is 0.250. The van der Waals surface area contributed by atoms with Crippen LogP contribution in [0.5, 0.6) is 0 Å². The molecular weight excluding hydrogens is 364 g/mol. The fourth-order valence-corrected chi connectivity index (χ4v) is 3.71. The number of amides is 2. The average Bonchev–Trinajstić information content (AvgIpc) is 3.26. The molecule has 0 radical (unpaired) electrons. The summed E-state index contributed by atoms with van der Waals surface area (Å²) in [5, 5.41) is 7.98. The van der Waals surface area contributed by atoms with Crippen molar-refractivity contribution in [1.82, 2.24) is 5.32 Å². The maximum absolute atomic E-state index is 12.7. The summed E-state index contributed by atoms with van der Waals surface area (Å²) in [6, 6.07) is 21.0. The first-order valence-electron chi connectivity index (χ1n) is 9.96. The average molecular weight is 388 g/mol. The van der Waals surface area contributed by atoms with Crippen LogP contribution in [0.25, 0.3) is 10.8 Å². The SMILES string of the molecule is O=C(Cc1cccc2ccccc12)Nc1ccccc1C(=O)NCC1CCCO1. The topological polar surface area (TPSA) is 67.4 Å². The molecule has 2 N–H and O–H groups in total. The highest BCUT2D eigenvalue weighted by molar-refractivity contribution is 6.04. The first-order valence-corrected chi connectivity index (χ1v) is 9.96. The normalized spacial score (nSPS) is 15.9. The molecule has 1 saturated heterocycles. The zero-order valence-electron chi connectivity index (χ0n) is 16.2. The summed E-state index contributed by atoms with van der Waals surface area (Å²) in [6.45, 7) is 1.23. The minimum atomic E-state index is -0.207. The third-order valence-corrected chi connectivity index (χ3v) is 5.19. The maximum atomic E-state index is 12.7. The van der Waals surface area contributed by atoms with E-state index in [0.29, 0.717) is 17.8 Å². The molecule has 1 aliphatic heterocycles. The lowest BCUT2D eigenvalue weighted by Gasteiger charge is -2.14. The molecule has 0 saturated carbocycles. The van der Waals surface area contributed by atoms with Crippen molar-refractivity contribution < 1.29 is 14.3 Å². The van der Waals surface area contributed by atoms with Gasteiger partial charge in [0.15, 0.2) is 0 Å². The van der Waals surface area contributed by atoms with E-state index >= 15 is 0 Å². The molecule has 1 fully saturated rings. The van der Waals surface area contributed by atoms with E-state index in [4.69, 9.17) is 4.74 Å². The molecule has 0 bridgehead atoms. The van der Waals surface area contributed by atoms with E-state index in [1.165, 1.54) is 0 Å². The van der Waals surface area contributed by atoms with Crippen molar-refractivity contribution in [2.75, 3.05) is 18.5 Å². The van der Waals surface area contributed by atoms with Crippen LogP contribution < -0.4 is 10.6 Å². The summed E-state index contributed by atoms with van der Waals surface area (Å²) in [7, 11) is 0. The third kappa shape index (κ3) is 4.63. The van der Waals surface area contributed by atoms with Crippen LogP contribution in [0.1, 0.15) is 28.8 Å². The molecule has 2 amide bonds. The van der Waals surface area contributed by atoms with Gasteiger partial charge in [0.05, 0.1) is 23.8 Å². The third-order valence-electron chi connectivity index (χ3n) is 5.19. The first-order chi connectivity index (χ1) is 14.2. The molecule has 148 valence electrons. The summed E-state index contributed by atoms with van der Waals surface area (Å²) in [4.78, 5) is 25.3. The quantitative estimate of drug-likeness (QED) is 0.672. The zero-order valence-corrected chi connectivity index (χ0v) is 16.2. The minimum Gasteiger partial charge on any atom is -0.376 e. The Morgan fingerprint density at radius 3 is 2.62 bits per heavy atom. The second kappa shape index (κ2) is 8.88. The van der Waals surface area contributed by atoms with Gasteiger partial charge in [-0.05, 0) is 41.3 Å². The molecule has 0 aromatic heterocycles. The van der Waals surface area contributed by atoms with E-state index in [1.807, 2.05) is 48.5 Å². The summed E-state index contributed by atoms with van der Waals surface area (Å²) in [6.07, 6.45) is 2.31. The number of para-hydroxylation sites is 1. The lowest BCUT2D eigenvalue weighted by molar-refractivity contribution is -0.115. The van der Waals surface area contributed by atoms with Crippen molar-refractivity contribution in [3.63, 3.8) is 0 Å². The van der Waals surface area contributed by atoms with Gasteiger partial charge in [-0.3, -0.25) is 9.59 Å². The zero-order chi connectivity index (χ0) is 20.1. The van der Waals surface area contributed by atoms with Gasteiger partial charge in [-0.25, -0.2) is 0 Å². The van der Waals surface area contributed by atoms with Crippen LogP contribution >= 0.6 is 0 Å². The number of hydrogen-bond acceptors (Lipinski definition) is 3. The molecule has 3 aromatic carbocycles. The predicted octanol–water partition coefficient (Wildman–Crippen LogP) is 3.93. The highest BCUT2D eigenvalue weighted by atomic mass is 16.5. The van der Waals surface area contributed by atoms with Crippen molar-refractivity contribution >= 4 is 28.3 Å². The highest BCUT2D eigenvalue weighted by Gasteiger charge is 2.18. The molecule has 1 atom stereocenters. The van der Waals surface area contributed by atoms with E-state index < -0.39 is 0 Å². The monoisotopic (exact) mass is 388 g/mol. The molecule has 1 heterocycles. The van der Waals surface area contributed by atoms with Crippen molar-refractivity contribution in [2.24, 2.45) is 0 Å². The van der Waals surface area contributed by atoms with E-state index in [2.05, 4.69) is 10.6 Å². The van der Waals surface area contributed by atoms with Crippen molar-refractivity contribution in [3.05, 3.63) is 77.9 Å². The Morgan fingerprint density at radius 2 is 1.76 bits per heavy atom. The second-order valence-electron chi connectivity index (χ2n) is 7.25. The van der Waals surface area contributed by atoms with Crippen molar-refractivity contribution in [1.29, 1.82) is 0 Å². The van der Waals surface area contributed by atoms with Gasteiger partial charge < -0.3 is 15.4 Å². The van der Waals surface area contributed by atoms with Crippen molar-refractivity contribution in [3.8, 4) is 0 Å². The Morgan fingerprint density at radius 1 is 0.966 bits per heavy atom. The van der Waals surface area contributed by atoms with E-state index in [9.17, 15) is 9.59 Å². The van der Waals surface area contributed by atoms with Gasteiger partial charge in [0, 0.05) is 13.2 Å². The van der Waals surface area contributed by atoms with E-state index in [1.54, 1.807) is 18.2 Å². The number of ether oxygens (including phenoxy) is 1. The summed E-state index contributed by atoms with van der Waals surface area (Å²) in [5.74, 6) is -0.359.